The molecule has 0 atom stereocenters. The monoisotopic (exact) mass is 243 g/mol. The van der Waals surface area contributed by atoms with Crippen LogP contribution < -0.4 is 0 Å². The smallest absolute Gasteiger partial charge is 0.254 e. The first-order valence-corrected chi connectivity index (χ1v) is 5.75. The van der Waals surface area contributed by atoms with Crippen LogP contribution in [0.1, 0.15) is 22.8 Å². The second-order valence-corrected chi connectivity index (χ2v) is 3.91. The number of hydrogen-bond acceptors (Lipinski definition) is 1. The second kappa shape index (κ2) is 5.85. The number of carbonyl (C=O) groups is 1. The Labute approximate surface area is 100 Å². The summed E-state index contributed by atoms with van der Waals surface area (Å²) >= 11 is 5.62. The van der Waals surface area contributed by atoms with Gasteiger partial charge in [-0.05, 0) is 37.6 Å². The van der Waals surface area contributed by atoms with Crippen LogP contribution in [0.2, 0.25) is 0 Å². The van der Waals surface area contributed by atoms with Crippen molar-refractivity contribution in [1.29, 1.82) is 0 Å². The van der Waals surface area contributed by atoms with Crippen LogP contribution in [0.4, 0.5) is 4.39 Å². The number of nitrogens with zero attached hydrogens (tertiary/aromatic N) is 1. The molecule has 0 radical (unpaired) electrons. The summed E-state index contributed by atoms with van der Waals surface area (Å²) in [6, 6.07) is 4.18. The molecule has 2 nitrogen and oxygen atoms in total. The SMILES string of the molecule is CCN(CCCl)C(=O)c1ccc(F)cc1C. The van der Waals surface area contributed by atoms with E-state index in [0.717, 1.165) is 0 Å². The summed E-state index contributed by atoms with van der Waals surface area (Å²) in [6.45, 7) is 4.73. The molecule has 0 N–H and O–H groups in total. The van der Waals surface area contributed by atoms with Gasteiger partial charge < -0.3 is 4.90 Å². The third-order valence-electron chi connectivity index (χ3n) is 2.44. The van der Waals surface area contributed by atoms with Crippen LogP contribution in [-0.2, 0) is 0 Å². The highest BCUT2D eigenvalue weighted by Crippen LogP contribution is 2.12. The Kier molecular flexibility index (Phi) is 4.74. The molecule has 1 rings (SSSR count). The lowest BCUT2D eigenvalue weighted by molar-refractivity contribution is 0.0773. The summed E-state index contributed by atoms with van der Waals surface area (Å²) < 4.78 is 12.9. The maximum Gasteiger partial charge on any atom is 0.254 e. The third-order valence-corrected chi connectivity index (χ3v) is 2.61. The van der Waals surface area contributed by atoms with Crippen LogP contribution >= 0.6 is 11.6 Å². The Morgan fingerprint density at radius 2 is 2.19 bits per heavy atom. The van der Waals surface area contributed by atoms with E-state index in [1.807, 2.05) is 6.92 Å². The molecule has 16 heavy (non-hydrogen) atoms. The molecule has 0 saturated carbocycles. The maximum absolute atomic E-state index is 12.9. The standard InChI is InChI=1S/C12H15ClFNO/c1-3-15(7-6-13)12(16)11-5-4-10(14)8-9(11)2/h4-5,8H,3,6-7H2,1-2H3. The largest absolute Gasteiger partial charge is 0.338 e. The van der Waals surface area contributed by atoms with Crippen LogP contribution in [0.3, 0.4) is 0 Å². The fourth-order valence-electron chi connectivity index (χ4n) is 1.54. The van der Waals surface area contributed by atoms with Gasteiger partial charge >= 0.3 is 0 Å². The van der Waals surface area contributed by atoms with Gasteiger partial charge in [0, 0.05) is 24.5 Å². The van der Waals surface area contributed by atoms with Crippen LogP contribution in [0.15, 0.2) is 18.2 Å². The van der Waals surface area contributed by atoms with E-state index in [4.69, 9.17) is 11.6 Å². The average molecular weight is 244 g/mol. The lowest BCUT2D eigenvalue weighted by Crippen LogP contribution is -2.33. The number of halogens is 2. The molecule has 0 spiro atoms. The van der Waals surface area contributed by atoms with Crippen molar-refractivity contribution in [3.63, 3.8) is 0 Å². The number of amides is 1. The number of aryl methyl sites for hydroxylation is 1. The molecular weight excluding hydrogens is 229 g/mol. The number of benzene rings is 1. The molecule has 0 heterocycles. The van der Waals surface area contributed by atoms with Gasteiger partial charge in [0.1, 0.15) is 5.82 Å². The Bertz CT molecular complexity index is 381. The lowest BCUT2D eigenvalue weighted by atomic mass is 10.1. The minimum Gasteiger partial charge on any atom is -0.338 e. The molecule has 0 unspecified atom stereocenters. The maximum atomic E-state index is 12.9. The molecule has 1 aromatic carbocycles. The third kappa shape index (κ3) is 2.95. The molecule has 4 heteroatoms. The predicted octanol–water partition coefficient (Wildman–Crippen LogP) is 2.84. The molecule has 1 amide bonds. The van der Waals surface area contributed by atoms with Gasteiger partial charge in [-0.15, -0.1) is 11.6 Å². The summed E-state index contributed by atoms with van der Waals surface area (Å²) in [5, 5.41) is 0. The van der Waals surface area contributed by atoms with Crippen molar-refractivity contribution in [3.05, 3.63) is 35.1 Å². The quantitative estimate of drug-likeness (QED) is 0.745. The molecule has 1 aromatic rings. The van der Waals surface area contributed by atoms with E-state index in [9.17, 15) is 9.18 Å². The summed E-state index contributed by atoms with van der Waals surface area (Å²) in [6.07, 6.45) is 0. The van der Waals surface area contributed by atoms with Gasteiger partial charge in [0.2, 0.25) is 0 Å². The predicted molar refractivity (Wildman–Crippen MR) is 63.4 cm³/mol. The molecule has 0 aliphatic heterocycles. The molecule has 0 aromatic heterocycles. The fourth-order valence-corrected chi connectivity index (χ4v) is 1.75. The summed E-state index contributed by atoms with van der Waals surface area (Å²) in [4.78, 5) is 13.7. The highest BCUT2D eigenvalue weighted by Gasteiger charge is 2.15. The first-order valence-electron chi connectivity index (χ1n) is 5.21. The Hall–Kier alpha value is -1.09. The van der Waals surface area contributed by atoms with Gasteiger partial charge in [-0.3, -0.25) is 4.79 Å². The Morgan fingerprint density at radius 1 is 1.50 bits per heavy atom. The van der Waals surface area contributed by atoms with Gasteiger partial charge in [0.25, 0.3) is 5.91 Å². The topological polar surface area (TPSA) is 20.3 Å². The van der Waals surface area contributed by atoms with Gasteiger partial charge in [0.15, 0.2) is 0 Å². The zero-order valence-electron chi connectivity index (χ0n) is 9.46. The first kappa shape index (κ1) is 13.0. The highest BCUT2D eigenvalue weighted by atomic mass is 35.5. The van der Waals surface area contributed by atoms with Crippen LogP contribution in [-0.4, -0.2) is 29.8 Å². The second-order valence-electron chi connectivity index (χ2n) is 3.53. The number of alkyl halides is 1. The van der Waals surface area contributed by atoms with Crippen LogP contribution in [0.25, 0.3) is 0 Å². The number of carbonyl (C=O) groups excluding carboxylic acids is 1. The molecule has 0 aliphatic rings. The van der Waals surface area contributed by atoms with E-state index in [1.54, 1.807) is 11.8 Å². The number of rotatable bonds is 4. The summed E-state index contributed by atoms with van der Waals surface area (Å²) in [7, 11) is 0. The summed E-state index contributed by atoms with van der Waals surface area (Å²) in [5.41, 5.74) is 1.19. The van der Waals surface area contributed by atoms with Crippen molar-refractivity contribution >= 4 is 17.5 Å². The van der Waals surface area contributed by atoms with Crippen LogP contribution in [0.5, 0.6) is 0 Å². The molecule has 0 saturated heterocycles. The normalized spacial score (nSPS) is 10.2. The van der Waals surface area contributed by atoms with Crippen molar-refractivity contribution in [2.75, 3.05) is 19.0 Å². The minimum absolute atomic E-state index is 0.0966. The molecule has 88 valence electrons. The minimum atomic E-state index is -0.325. The van der Waals surface area contributed by atoms with Crippen LogP contribution in [0, 0.1) is 12.7 Å². The molecular formula is C12H15ClFNO. The molecule has 0 aliphatic carbocycles. The highest BCUT2D eigenvalue weighted by molar-refractivity contribution is 6.18. The molecule has 0 bridgehead atoms. The van der Waals surface area contributed by atoms with Crippen molar-refractivity contribution in [3.8, 4) is 0 Å². The van der Waals surface area contributed by atoms with E-state index in [2.05, 4.69) is 0 Å². The Morgan fingerprint density at radius 3 is 2.69 bits per heavy atom. The lowest BCUT2D eigenvalue weighted by Gasteiger charge is -2.20. The Balaban J connectivity index is 2.94. The zero-order chi connectivity index (χ0) is 12.1. The van der Waals surface area contributed by atoms with E-state index in [0.29, 0.717) is 30.1 Å². The van der Waals surface area contributed by atoms with Crippen molar-refractivity contribution in [1.82, 2.24) is 4.90 Å². The fraction of sp³-hybridized carbons (Fsp3) is 0.417. The van der Waals surface area contributed by atoms with E-state index in [-0.39, 0.29) is 11.7 Å². The van der Waals surface area contributed by atoms with E-state index in [1.165, 1.54) is 18.2 Å². The number of hydrogen-bond donors (Lipinski definition) is 0. The van der Waals surface area contributed by atoms with Crippen molar-refractivity contribution in [2.45, 2.75) is 13.8 Å². The average Bonchev–Trinajstić information content (AvgIpc) is 2.25. The zero-order valence-corrected chi connectivity index (χ0v) is 10.2. The van der Waals surface area contributed by atoms with Gasteiger partial charge in [0.05, 0.1) is 0 Å². The van der Waals surface area contributed by atoms with Gasteiger partial charge in [-0.25, -0.2) is 4.39 Å². The molecule has 0 fully saturated rings. The van der Waals surface area contributed by atoms with Crippen molar-refractivity contribution < 1.29 is 9.18 Å². The van der Waals surface area contributed by atoms with Crippen molar-refractivity contribution in [2.24, 2.45) is 0 Å². The van der Waals surface area contributed by atoms with Gasteiger partial charge in [-0.1, -0.05) is 0 Å². The van der Waals surface area contributed by atoms with Gasteiger partial charge in [-0.2, -0.15) is 0 Å². The van der Waals surface area contributed by atoms with E-state index < -0.39 is 0 Å². The first-order chi connectivity index (χ1) is 7.60. The van der Waals surface area contributed by atoms with E-state index >= 15 is 0 Å². The summed E-state index contributed by atoms with van der Waals surface area (Å²) in [5.74, 6) is -0.0186.